The number of amides is 1. The number of likely N-dealkylation sites (tertiary alicyclic amines) is 1. The van der Waals surface area contributed by atoms with Gasteiger partial charge in [0.05, 0.1) is 17.8 Å². The van der Waals surface area contributed by atoms with E-state index in [2.05, 4.69) is 22.1 Å². The van der Waals surface area contributed by atoms with Crippen LogP contribution in [0.1, 0.15) is 59.4 Å². The molecule has 1 aromatic heterocycles. The van der Waals surface area contributed by atoms with Gasteiger partial charge >= 0.3 is 0 Å². The lowest BCUT2D eigenvalue weighted by Gasteiger charge is -2.41. The second-order valence-corrected chi connectivity index (χ2v) is 8.03. The van der Waals surface area contributed by atoms with Gasteiger partial charge in [0.25, 0.3) is 5.91 Å². The summed E-state index contributed by atoms with van der Waals surface area (Å²) in [5.41, 5.74) is 3.87. The van der Waals surface area contributed by atoms with Crippen LogP contribution in [0.3, 0.4) is 0 Å². The Balaban J connectivity index is 1.53. The Bertz CT molecular complexity index is 780. The van der Waals surface area contributed by atoms with Crippen molar-refractivity contribution < 1.29 is 4.79 Å². The number of hydrogen-bond acceptors (Lipinski definition) is 2. The average molecular weight is 351 g/mol. The molecule has 26 heavy (non-hydrogen) atoms. The van der Waals surface area contributed by atoms with E-state index in [0.29, 0.717) is 12.5 Å². The molecule has 2 heterocycles. The zero-order valence-electron chi connectivity index (χ0n) is 15.9. The number of carbonyl (C=O) groups excluding carboxylic acids is 1. The Labute approximate surface area is 156 Å². The lowest BCUT2D eigenvalue weighted by Crippen LogP contribution is -2.45. The van der Waals surface area contributed by atoms with Crippen molar-refractivity contribution in [3.63, 3.8) is 0 Å². The van der Waals surface area contributed by atoms with Crippen LogP contribution < -0.4 is 0 Å². The topological polar surface area (TPSA) is 38.1 Å². The molecule has 2 aliphatic rings. The summed E-state index contributed by atoms with van der Waals surface area (Å²) < 4.78 is 1.98. The van der Waals surface area contributed by atoms with Gasteiger partial charge in [0.1, 0.15) is 0 Å². The first-order valence-electron chi connectivity index (χ1n) is 10.0. The smallest absolute Gasteiger partial charge is 0.257 e. The number of carbonyl (C=O) groups is 1. The molecule has 1 aromatic carbocycles. The minimum absolute atomic E-state index is 0.184. The molecule has 0 unspecified atom stereocenters. The third-order valence-corrected chi connectivity index (χ3v) is 6.35. The van der Waals surface area contributed by atoms with Gasteiger partial charge in [0, 0.05) is 18.8 Å². The number of hydrogen-bond donors (Lipinski definition) is 0. The molecule has 0 N–H and O–H groups in total. The number of rotatable bonds is 3. The van der Waals surface area contributed by atoms with E-state index in [1.54, 1.807) is 0 Å². The summed E-state index contributed by atoms with van der Waals surface area (Å²) in [5, 5.41) is 4.67. The van der Waals surface area contributed by atoms with E-state index in [1.165, 1.54) is 37.7 Å². The summed E-state index contributed by atoms with van der Waals surface area (Å²) in [6.07, 6.45) is 6.53. The normalized spacial score (nSPS) is 22.9. The van der Waals surface area contributed by atoms with E-state index < -0.39 is 0 Å². The van der Waals surface area contributed by atoms with Crippen molar-refractivity contribution in [2.24, 2.45) is 11.8 Å². The average Bonchev–Trinajstić information content (AvgIpc) is 2.95. The summed E-state index contributed by atoms with van der Waals surface area (Å²) in [6, 6.07) is 10.3. The Morgan fingerprint density at radius 3 is 2.58 bits per heavy atom. The van der Waals surface area contributed by atoms with E-state index in [0.717, 1.165) is 36.0 Å². The minimum atomic E-state index is 0.184. The molecular formula is C22H29N3O. The highest BCUT2D eigenvalue weighted by Crippen LogP contribution is 2.36. The number of benzene rings is 1. The number of piperidine rings is 1. The molecule has 4 heteroatoms. The fourth-order valence-corrected chi connectivity index (χ4v) is 4.86. The van der Waals surface area contributed by atoms with Gasteiger partial charge in [0.2, 0.25) is 0 Å². The Morgan fingerprint density at radius 2 is 1.81 bits per heavy atom. The number of nitrogens with zero attached hydrogens (tertiary/aromatic N) is 3. The van der Waals surface area contributed by atoms with Crippen molar-refractivity contribution in [1.82, 2.24) is 14.7 Å². The highest BCUT2D eigenvalue weighted by molar-refractivity contribution is 5.96. The van der Waals surface area contributed by atoms with Crippen LogP contribution in [0.25, 0.3) is 0 Å². The van der Waals surface area contributed by atoms with Crippen molar-refractivity contribution in [3.8, 4) is 0 Å². The van der Waals surface area contributed by atoms with Crippen LogP contribution in [0, 0.1) is 25.7 Å². The summed E-state index contributed by atoms with van der Waals surface area (Å²) in [5.74, 6) is 1.74. The van der Waals surface area contributed by atoms with Crippen LogP contribution in [0.5, 0.6) is 0 Å². The molecule has 0 spiro atoms. The Morgan fingerprint density at radius 1 is 1.08 bits per heavy atom. The molecule has 4 nitrogen and oxygen atoms in total. The van der Waals surface area contributed by atoms with Gasteiger partial charge in [0.15, 0.2) is 0 Å². The molecule has 1 amide bonds. The first-order chi connectivity index (χ1) is 12.6. The van der Waals surface area contributed by atoms with Gasteiger partial charge in [-0.15, -0.1) is 0 Å². The van der Waals surface area contributed by atoms with Crippen LogP contribution in [0.2, 0.25) is 0 Å². The molecule has 1 aliphatic heterocycles. The fourth-order valence-electron chi connectivity index (χ4n) is 4.86. The third-order valence-electron chi connectivity index (χ3n) is 6.35. The second-order valence-electron chi connectivity index (χ2n) is 8.03. The molecule has 2 fully saturated rings. The Kier molecular flexibility index (Phi) is 4.84. The van der Waals surface area contributed by atoms with Crippen LogP contribution in [0.4, 0.5) is 0 Å². The van der Waals surface area contributed by atoms with Crippen LogP contribution >= 0.6 is 0 Å². The summed E-state index contributed by atoms with van der Waals surface area (Å²) in [6.45, 7) is 6.55. The molecule has 2 atom stereocenters. The lowest BCUT2D eigenvalue weighted by atomic mass is 9.75. The van der Waals surface area contributed by atoms with E-state index in [1.807, 2.05) is 36.7 Å². The van der Waals surface area contributed by atoms with Gasteiger partial charge in [-0.05, 0) is 44.1 Å². The van der Waals surface area contributed by atoms with E-state index in [-0.39, 0.29) is 5.91 Å². The second kappa shape index (κ2) is 7.26. The summed E-state index contributed by atoms with van der Waals surface area (Å²) in [4.78, 5) is 15.3. The van der Waals surface area contributed by atoms with Crippen molar-refractivity contribution in [2.45, 2.75) is 52.5 Å². The zero-order chi connectivity index (χ0) is 18.1. The molecule has 2 aromatic rings. The van der Waals surface area contributed by atoms with Gasteiger partial charge in [-0.1, -0.05) is 49.6 Å². The third kappa shape index (κ3) is 3.29. The van der Waals surface area contributed by atoms with Gasteiger partial charge in [-0.25, -0.2) is 0 Å². The quantitative estimate of drug-likeness (QED) is 0.831. The van der Waals surface area contributed by atoms with Crippen molar-refractivity contribution in [2.75, 3.05) is 13.1 Å². The SMILES string of the molecule is Cc1nn(Cc2ccccc2)c(C)c1C(=O)N1CC[C@H]2CCCC[C@H]2C1. The highest BCUT2D eigenvalue weighted by Gasteiger charge is 2.34. The molecule has 0 bridgehead atoms. The maximum atomic E-state index is 13.3. The molecule has 1 aliphatic carbocycles. The number of aromatic nitrogens is 2. The van der Waals surface area contributed by atoms with Crippen LogP contribution in [-0.4, -0.2) is 33.7 Å². The summed E-state index contributed by atoms with van der Waals surface area (Å²) >= 11 is 0. The zero-order valence-corrected chi connectivity index (χ0v) is 15.9. The first kappa shape index (κ1) is 17.3. The predicted octanol–water partition coefficient (Wildman–Crippen LogP) is 4.20. The number of aryl methyl sites for hydroxylation is 1. The fraction of sp³-hybridized carbons (Fsp3) is 0.545. The minimum Gasteiger partial charge on any atom is -0.338 e. The van der Waals surface area contributed by atoms with Crippen molar-refractivity contribution in [1.29, 1.82) is 0 Å². The molecule has 4 rings (SSSR count). The maximum absolute atomic E-state index is 13.3. The lowest BCUT2D eigenvalue weighted by molar-refractivity contribution is 0.0519. The van der Waals surface area contributed by atoms with Gasteiger partial charge < -0.3 is 4.90 Å². The first-order valence-corrected chi connectivity index (χ1v) is 10.0. The molecule has 138 valence electrons. The molecular weight excluding hydrogens is 322 g/mol. The van der Waals surface area contributed by atoms with Crippen molar-refractivity contribution >= 4 is 5.91 Å². The molecule has 0 radical (unpaired) electrons. The van der Waals surface area contributed by atoms with E-state index >= 15 is 0 Å². The predicted molar refractivity (Wildman–Crippen MR) is 103 cm³/mol. The van der Waals surface area contributed by atoms with Crippen LogP contribution in [-0.2, 0) is 6.54 Å². The standard InChI is InChI=1S/C22H29N3O/c1-16-21(17(2)25(23-16)14-18-8-4-3-5-9-18)22(26)24-13-12-19-10-6-7-11-20(19)15-24/h3-5,8-9,19-20H,6-7,10-15H2,1-2H3/t19-,20+/m1/s1. The van der Waals surface area contributed by atoms with E-state index in [9.17, 15) is 4.79 Å². The maximum Gasteiger partial charge on any atom is 0.257 e. The summed E-state index contributed by atoms with van der Waals surface area (Å²) in [7, 11) is 0. The highest BCUT2D eigenvalue weighted by atomic mass is 16.2. The number of fused-ring (bicyclic) bond motifs is 1. The van der Waals surface area contributed by atoms with Gasteiger partial charge in [-0.2, -0.15) is 5.10 Å². The van der Waals surface area contributed by atoms with E-state index in [4.69, 9.17) is 0 Å². The van der Waals surface area contributed by atoms with Crippen molar-refractivity contribution in [3.05, 3.63) is 52.8 Å². The monoisotopic (exact) mass is 351 g/mol. The Hall–Kier alpha value is -2.10. The largest absolute Gasteiger partial charge is 0.338 e. The van der Waals surface area contributed by atoms with Gasteiger partial charge in [-0.3, -0.25) is 9.48 Å². The van der Waals surface area contributed by atoms with Crippen LogP contribution in [0.15, 0.2) is 30.3 Å². The molecule has 1 saturated carbocycles. The molecule has 1 saturated heterocycles.